The minimum Gasteiger partial charge on any atom is -0.490 e. The Bertz CT molecular complexity index is 1680. The van der Waals surface area contributed by atoms with Gasteiger partial charge in [0.25, 0.3) is 5.91 Å². The van der Waals surface area contributed by atoms with E-state index < -0.39 is 21.4 Å². The molecule has 0 bridgehead atoms. The number of fused-ring (bicyclic) bond motifs is 3. The molecular formula is C38H50ClN3O6S. The predicted octanol–water partition coefficient (Wildman–Crippen LogP) is 7.15. The summed E-state index contributed by atoms with van der Waals surface area (Å²) in [5, 5.41) is 7.09. The molecule has 1 saturated carbocycles. The summed E-state index contributed by atoms with van der Waals surface area (Å²) >= 11 is 6.46. The Morgan fingerprint density at radius 1 is 1.20 bits per heavy atom. The van der Waals surface area contributed by atoms with Crippen molar-refractivity contribution in [1.29, 1.82) is 0 Å². The van der Waals surface area contributed by atoms with E-state index in [-0.39, 0.29) is 35.2 Å². The fourth-order valence-electron chi connectivity index (χ4n) is 7.75. The number of hydrogen-bond donors (Lipinski definition) is 1. The molecule has 1 saturated heterocycles. The van der Waals surface area contributed by atoms with Crippen LogP contribution in [0.25, 0.3) is 0 Å². The summed E-state index contributed by atoms with van der Waals surface area (Å²) in [5.74, 6) is 0.594. The molecule has 2 aromatic carbocycles. The van der Waals surface area contributed by atoms with Crippen molar-refractivity contribution in [2.45, 2.75) is 93.5 Å². The highest BCUT2D eigenvalue weighted by Crippen LogP contribution is 2.47. The Morgan fingerprint density at radius 3 is 2.76 bits per heavy atom. The summed E-state index contributed by atoms with van der Waals surface area (Å²) in [6, 6.07) is 11.5. The van der Waals surface area contributed by atoms with Crippen molar-refractivity contribution in [2.75, 3.05) is 37.8 Å². The number of carbonyl (C=O) groups is 1. The molecule has 0 aromatic heterocycles. The lowest BCUT2D eigenvalue weighted by Crippen LogP contribution is -2.50. The molecule has 9 nitrogen and oxygen atoms in total. The summed E-state index contributed by atoms with van der Waals surface area (Å²) in [6.07, 6.45) is 11.3. The molecule has 6 atom stereocenters. The Balaban J connectivity index is 1.34. The van der Waals surface area contributed by atoms with Crippen molar-refractivity contribution in [2.24, 2.45) is 21.3 Å². The number of anilines is 1. The molecule has 1 amide bonds. The van der Waals surface area contributed by atoms with Gasteiger partial charge in [-0.3, -0.25) is 4.79 Å². The summed E-state index contributed by atoms with van der Waals surface area (Å²) in [7, 11) is -3.61. The van der Waals surface area contributed by atoms with Crippen molar-refractivity contribution < 1.29 is 28.0 Å². The molecule has 2 fully saturated rings. The monoisotopic (exact) mass is 711 g/mol. The molecule has 2 heterocycles. The molecule has 0 radical (unpaired) electrons. The van der Waals surface area contributed by atoms with Crippen molar-refractivity contribution in [3.8, 4) is 5.75 Å². The van der Waals surface area contributed by atoms with E-state index in [1.54, 1.807) is 32.1 Å². The molecule has 11 heteroatoms. The Labute approximate surface area is 296 Å². The third kappa shape index (κ3) is 7.80. The van der Waals surface area contributed by atoms with Crippen molar-refractivity contribution in [1.82, 2.24) is 0 Å². The summed E-state index contributed by atoms with van der Waals surface area (Å²) in [5.41, 5.74) is 1.71. The maximum Gasteiger partial charge on any atom is 0.286 e. The second kappa shape index (κ2) is 14.9. The zero-order valence-corrected chi connectivity index (χ0v) is 30.3. The Hall–Kier alpha value is -2.73. The SMILES string of the molecule is C=CCOC(C)(C)C(=O)N=S(N)(=O)c1ccc2c(c1)N(C[C@@H]1CC[C@H]1C(C=C)OC1CCCCO1)C[C@@]1(CCCc3cc(Cl)ccc31)CO2. The van der Waals surface area contributed by atoms with Gasteiger partial charge in [0.05, 0.1) is 29.9 Å². The summed E-state index contributed by atoms with van der Waals surface area (Å²) in [6.45, 7) is 13.7. The second-order valence-corrected chi connectivity index (χ2v) is 16.7. The van der Waals surface area contributed by atoms with E-state index in [9.17, 15) is 9.00 Å². The lowest BCUT2D eigenvalue weighted by Gasteiger charge is -2.46. The van der Waals surface area contributed by atoms with Crippen LogP contribution in [0.5, 0.6) is 5.75 Å². The first-order valence-electron chi connectivity index (χ1n) is 17.5. The van der Waals surface area contributed by atoms with Crippen LogP contribution in [0, 0.1) is 11.8 Å². The molecule has 266 valence electrons. The van der Waals surface area contributed by atoms with E-state index in [0.717, 1.165) is 75.2 Å². The first-order valence-corrected chi connectivity index (χ1v) is 19.4. The molecule has 6 rings (SSSR count). The molecule has 2 aliphatic heterocycles. The van der Waals surface area contributed by atoms with Gasteiger partial charge in [0, 0.05) is 30.1 Å². The predicted molar refractivity (Wildman–Crippen MR) is 193 cm³/mol. The highest BCUT2D eigenvalue weighted by atomic mass is 35.5. The van der Waals surface area contributed by atoms with Crippen LogP contribution in [-0.2, 0) is 40.8 Å². The molecule has 3 unspecified atom stereocenters. The Kier molecular flexibility index (Phi) is 10.9. The number of ether oxygens (including phenoxy) is 4. The normalized spacial score (nSPS) is 26.9. The lowest BCUT2D eigenvalue weighted by molar-refractivity contribution is -0.197. The van der Waals surface area contributed by atoms with Crippen LogP contribution in [0.3, 0.4) is 0 Å². The number of aryl methyl sites for hydroxylation is 1. The molecule has 49 heavy (non-hydrogen) atoms. The standard InChI is InChI=1S/C38H50ClN3O6S/c1-5-19-47-37(3,4)36(43)41-49(40,44)29-14-17-34-32(22-29)42(23-27-12-15-30(27)33(6-2)48-35-11-7-8-20-45-35)24-38(25-46-34)18-9-10-26-21-28(39)13-16-31(26)38/h5-6,13-14,16-17,21-22,27,30,33,35H,1-2,7-12,15,18-20,23-25H2,3-4H3,(H2,40,41,43,44)/t27-,30+,33?,35?,38-,49?/m0/s1. The van der Waals surface area contributed by atoms with Gasteiger partial charge in [-0.1, -0.05) is 29.8 Å². The largest absolute Gasteiger partial charge is 0.490 e. The van der Waals surface area contributed by atoms with E-state index in [2.05, 4.69) is 34.6 Å². The minimum atomic E-state index is -3.61. The van der Waals surface area contributed by atoms with Crippen LogP contribution in [0.2, 0.25) is 5.02 Å². The van der Waals surface area contributed by atoms with Gasteiger partial charge in [-0.25, -0.2) is 9.35 Å². The number of halogens is 1. The Morgan fingerprint density at radius 2 is 2.04 bits per heavy atom. The van der Waals surface area contributed by atoms with Crippen LogP contribution in [0.4, 0.5) is 5.69 Å². The van der Waals surface area contributed by atoms with Gasteiger partial charge in [0.15, 0.2) is 6.29 Å². The minimum absolute atomic E-state index is 0.110. The average Bonchev–Trinajstić information content (AvgIpc) is 3.22. The molecule has 1 spiro atoms. The summed E-state index contributed by atoms with van der Waals surface area (Å²) < 4.78 is 42.6. The molecule has 2 N–H and O–H groups in total. The molecular weight excluding hydrogens is 662 g/mol. The number of hydrogen-bond acceptors (Lipinski definition) is 7. The fourth-order valence-corrected chi connectivity index (χ4v) is 9.06. The van der Waals surface area contributed by atoms with Crippen LogP contribution in [-0.4, -0.2) is 61.0 Å². The molecule has 2 aliphatic carbocycles. The van der Waals surface area contributed by atoms with E-state index >= 15 is 0 Å². The van der Waals surface area contributed by atoms with Crippen molar-refractivity contribution >= 4 is 33.1 Å². The highest BCUT2D eigenvalue weighted by Gasteiger charge is 2.45. The average molecular weight is 712 g/mol. The first-order chi connectivity index (χ1) is 23.4. The van der Waals surface area contributed by atoms with Gasteiger partial charge in [-0.15, -0.1) is 17.5 Å². The van der Waals surface area contributed by atoms with Gasteiger partial charge in [0.1, 0.15) is 21.3 Å². The third-order valence-electron chi connectivity index (χ3n) is 10.7. The number of carbonyl (C=O) groups excluding carboxylic acids is 1. The second-order valence-electron chi connectivity index (χ2n) is 14.4. The van der Waals surface area contributed by atoms with Gasteiger partial charge in [0.2, 0.25) is 0 Å². The van der Waals surface area contributed by atoms with Crippen molar-refractivity contribution in [3.63, 3.8) is 0 Å². The first kappa shape index (κ1) is 36.1. The number of nitrogens with zero attached hydrogens (tertiary/aromatic N) is 2. The van der Waals surface area contributed by atoms with Gasteiger partial charge in [-0.05, 0) is 119 Å². The molecule has 2 aromatic rings. The third-order valence-corrected chi connectivity index (χ3v) is 12.3. The number of benzene rings is 2. The quantitative estimate of drug-likeness (QED) is 0.247. The van der Waals surface area contributed by atoms with Gasteiger partial charge >= 0.3 is 0 Å². The maximum atomic E-state index is 13.9. The van der Waals surface area contributed by atoms with E-state index in [4.69, 9.17) is 35.7 Å². The van der Waals surface area contributed by atoms with Crippen LogP contribution < -0.4 is 14.8 Å². The number of nitrogens with two attached hydrogens (primary N) is 1. The van der Waals surface area contributed by atoms with E-state index in [1.165, 1.54) is 11.1 Å². The number of rotatable bonds is 11. The lowest BCUT2D eigenvalue weighted by atomic mass is 9.68. The fraction of sp³-hybridized carbons (Fsp3) is 0.553. The zero-order valence-electron chi connectivity index (χ0n) is 28.7. The van der Waals surface area contributed by atoms with Crippen molar-refractivity contribution in [3.05, 3.63) is 77.9 Å². The number of amides is 1. The van der Waals surface area contributed by atoms with Crippen LogP contribution in [0.15, 0.2) is 71.0 Å². The maximum absolute atomic E-state index is 13.9. The highest BCUT2D eigenvalue weighted by molar-refractivity contribution is 7.91. The van der Waals surface area contributed by atoms with Gasteiger partial charge < -0.3 is 23.8 Å². The van der Waals surface area contributed by atoms with E-state index in [0.29, 0.717) is 24.8 Å². The topological polar surface area (TPSA) is 113 Å². The van der Waals surface area contributed by atoms with E-state index in [1.807, 2.05) is 18.2 Å². The van der Waals surface area contributed by atoms with Crippen LogP contribution >= 0.6 is 11.6 Å². The smallest absolute Gasteiger partial charge is 0.286 e. The van der Waals surface area contributed by atoms with Crippen LogP contribution in [0.1, 0.15) is 69.9 Å². The van der Waals surface area contributed by atoms with Gasteiger partial charge in [-0.2, -0.15) is 0 Å². The molecule has 4 aliphatic rings. The summed E-state index contributed by atoms with van der Waals surface area (Å²) in [4.78, 5) is 15.7. The zero-order chi connectivity index (χ0) is 34.8.